The number of hydrogen-bond donors (Lipinski definition) is 1. The highest BCUT2D eigenvalue weighted by Crippen LogP contribution is 2.30. The molecule has 0 unspecified atom stereocenters. The first-order valence-corrected chi connectivity index (χ1v) is 6.45. The zero-order chi connectivity index (χ0) is 15.6. The van der Waals surface area contributed by atoms with Gasteiger partial charge in [0, 0.05) is 12.3 Å². The van der Waals surface area contributed by atoms with E-state index < -0.39 is 10.8 Å². The van der Waals surface area contributed by atoms with E-state index in [0.717, 1.165) is 5.56 Å². The van der Waals surface area contributed by atoms with Gasteiger partial charge in [0.05, 0.1) is 10.5 Å². The van der Waals surface area contributed by atoms with Crippen LogP contribution in [0.15, 0.2) is 30.5 Å². The van der Waals surface area contributed by atoms with Crippen LogP contribution in [-0.2, 0) is 0 Å². The van der Waals surface area contributed by atoms with E-state index >= 15 is 0 Å². The molecule has 1 amide bonds. The number of rotatable bonds is 3. The van der Waals surface area contributed by atoms with E-state index in [-0.39, 0.29) is 22.1 Å². The van der Waals surface area contributed by atoms with Crippen LogP contribution in [0.2, 0.25) is 5.15 Å². The van der Waals surface area contributed by atoms with Crippen molar-refractivity contribution in [3.63, 3.8) is 0 Å². The van der Waals surface area contributed by atoms with E-state index in [0.29, 0.717) is 5.56 Å². The quantitative estimate of drug-likeness (QED) is 0.534. The summed E-state index contributed by atoms with van der Waals surface area (Å²) < 4.78 is 0. The van der Waals surface area contributed by atoms with Crippen LogP contribution >= 0.6 is 11.6 Å². The van der Waals surface area contributed by atoms with E-state index in [1.54, 1.807) is 13.0 Å². The lowest BCUT2D eigenvalue weighted by atomic mass is 10.1. The molecule has 0 fully saturated rings. The molecule has 0 saturated carbocycles. The Bertz CT molecular complexity index is 714. The normalized spacial score (nSPS) is 10.2. The number of nitrogens with one attached hydrogen (secondary N) is 1. The summed E-state index contributed by atoms with van der Waals surface area (Å²) in [6.45, 7) is 3.54. The van der Waals surface area contributed by atoms with Crippen molar-refractivity contribution in [3.8, 4) is 0 Å². The second-order valence-corrected chi connectivity index (χ2v) is 4.87. The van der Waals surface area contributed by atoms with Gasteiger partial charge in [0.15, 0.2) is 0 Å². The van der Waals surface area contributed by atoms with Gasteiger partial charge in [-0.05, 0) is 37.1 Å². The number of hydrogen-bond acceptors (Lipinski definition) is 4. The maximum atomic E-state index is 12.1. The van der Waals surface area contributed by atoms with Gasteiger partial charge in [-0.25, -0.2) is 4.98 Å². The molecule has 1 N–H and O–H groups in total. The van der Waals surface area contributed by atoms with Crippen molar-refractivity contribution in [3.05, 3.63) is 62.4 Å². The second kappa shape index (κ2) is 5.88. The van der Waals surface area contributed by atoms with Crippen molar-refractivity contribution in [2.24, 2.45) is 0 Å². The third-order valence-electron chi connectivity index (χ3n) is 3.14. The smallest absolute Gasteiger partial charge is 0.293 e. The van der Waals surface area contributed by atoms with E-state index in [2.05, 4.69) is 10.3 Å². The summed E-state index contributed by atoms with van der Waals surface area (Å²) >= 11 is 5.66. The highest BCUT2D eigenvalue weighted by atomic mass is 35.5. The average Bonchev–Trinajstić information content (AvgIpc) is 2.44. The fourth-order valence-corrected chi connectivity index (χ4v) is 1.92. The molecular formula is C14H12ClN3O3. The number of amides is 1. The van der Waals surface area contributed by atoms with Gasteiger partial charge >= 0.3 is 0 Å². The van der Waals surface area contributed by atoms with Gasteiger partial charge in [0.25, 0.3) is 11.6 Å². The van der Waals surface area contributed by atoms with Crippen LogP contribution < -0.4 is 5.32 Å². The number of nitro groups is 1. The third kappa shape index (κ3) is 3.17. The number of carbonyl (C=O) groups excluding carboxylic acids is 1. The number of nitro benzene ring substituents is 1. The third-order valence-corrected chi connectivity index (χ3v) is 3.36. The molecule has 0 bridgehead atoms. The number of aryl methyl sites for hydroxylation is 1. The molecule has 0 saturated heterocycles. The lowest BCUT2D eigenvalue weighted by Crippen LogP contribution is -2.14. The highest BCUT2D eigenvalue weighted by molar-refractivity contribution is 6.29. The first-order chi connectivity index (χ1) is 9.90. The van der Waals surface area contributed by atoms with Gasteiger partial charge in [0.2, 0.25) is 0 Å². The van der Waals surface area contributed by atoms with Crippen LogP contribution in [0.3, 0.4) is 0 Å². The number of aromatic nitrogens is 1. The largest absolute Gasteiger partial charge is 0.316 e. The molecule has 1 heterocycles. The van der Waals surface area contributed by atoms with Crippen LogP contribution in [0.5, 0.6) is 0 Å². The van der Waals surface area contributed by atoms with Crippen molar-refractivity contribution in [1.82, 2.24) is 4.98 Å². The molecule has 1 aromatic heterocycles. The van der Waals surface area contributed by atoms with Crippen molar-refractivity contribution in [1.29, 1.82) is 0 Å². The topological polar surface area (TPSA) is 85.1 Å². The molecule has 0 radical (unpaired) electrons. The number of nitrogens with zero attached hydrogens (tertiary/aromatic N) is 2. The van der Waals surface area contributed by atoms with Crippen molar-refractivity contribution in [2.75, 3.05) is 5.32 Å². The van der Waals surface area contributed by atoms with Crippen LogP contribution in [0, 0.1) is 24.0 Å². The molecular weight excluding hydrogens is 294 g/mol. The number of pyridine rings is 1. The fourth-order valence-electron chi connectivity index (χ4n) is 1.81. The summed E-state index contributed by atoms with van der Waals surface area (Å²) in [6.07, 6.45) is 1.31. The van der Waals surface area contributed by atoms with Crippen LogP contribution in [0.4, 0.5) is 11.4 Å². The zero-order valence-electron chi connectivity index (χ0n) is 11.4. The Morgan fingerprint density at radius 2 is 2.00 bits per heavy atom. The first kappa shape index (κ1) is 14.9. The number of anilines is 1. The van der Waals surface area contributed by atoms with Gasteiger partial charge in [-0.2, -0.15) is 0 Å². The number of benzene rings is 1. The monoisotopic (exact) mass is 305 g/mol. The molecule has 0 aliphatic heterocycles. The molecule has 0 spiro atoms. The lowest BCUT2D eigenvalue weighted by Gasteiger charge is -2.11. The van der Waals surface area contributed by atoms with Gasteiger partial charge in [0.1, 0.15) is 10.8 Å². The van der Waals surface area contributed by atoms with Gasteiger partial charge in [-0.15, -0.1) is 0 Å². The second-order valence-electron chi connectivity index (χ2n) is 4.48. The van der Waals surface area contributed by atoms with Crippen molar-refractivity contribution in [2.45, 2.75) is 13.8 Å². The summed E-state index contributed by atoms with van der Waals surface area (Å²) in [5.41, 5.74) is 1.83. The van der Waals surface area contributed by atoms with E-state index in [4.69, 9.17) is 11.6 Å². The minimum atomic E-state index is -0.526. The van der Waals surface area contributed by atoms with Crippen LogP contribution in [0.25, 0.3) is 0 Å². The Kier molecular flexibility index (Phi) is 4.18. The maximum Gasteiger partial charge on any atom is 0.293 e. The minimum absolute atomic E-state index is 0.145. The molecule has 0 atom stereocenters. The molecule has 2 aromatic rings. The Morgan fingerprint density at radius 3 is 2.57 bits per heavy atom. The fraction of sp³-hybridized carbons (Fsp3) is 0.143. The molecule has 108 valence electrons. The summed E-state index contributed by atoms with van der Waals surface area (Å²) in [5.74, 6) is -0.476. The zero-order valence-corrected chi connectivity index (χ0v) is 12.1. The average molecular weight is 306 g/mol. The predicted molar refractivity (Wildman–Crippen MR) is 79.8 cm³/mol. The van der Waals surface area contributed by atoms with E-state index in [9.17, 15) is 14.9 Å². The van der Waals surface area contributed by atoms with E-state index in [1.165, 1.54) is 24.4 Å². The predicted octanol–water partition coefficient (Wildman–Crippen LogP) is 3.51. The number of halogens is 1. The maximum absolute atomic E-state index is 12.1. The Labute approximate surface area is 125 Å². The molecule has 7 heteroatoms. The summed E-state index contributed by atoms with van der Waals surface area (Å²) in [4.78, 5) is 26.5. The standard InChI is InChI=1S/C14H12ClN3O3/c1-8-3-5-11(18(20)21)13(9(8)2)17-14(19)10-4-6-12(15)16-7-10/h3-7H,1-2H3,(H,17,19). The summed E-state index contributed by atoms with van der Waals surface area (Å²) in [6, 6.07) is 6.00. The molecule has 2 rings (SSSR count). The first-order valence-electron chi connectivity index (χ1n) is 6.07. The van der Waals surface area contributed by atoms with Crippen LogP contribution in [0.1, 0.15) is 21.5 Å². The van der Waals surface area contributed by atoms with Gasteiger partial charge in [-0.3, -0.25) is 14.9 Å². The molecule has 0 aliphatic rings. The molecule has 6 nitrogen and oxygen atoms in total. The highest BCUT2D eigenvalue weighted by Gasteiger charge is 2.20. The summed E-state index contributed by atoms with van der Waals surface area (Å²) in [5, 5.41) is 13.9. The molecule has 0 aliphatic carbocycles. The molecule has 21 heavy (non-hydrogen) atoms. The van der Waals surface area contributed by atoms with Gasteiger partial charge < -0.3 is 5.32 Å². The molecule has 1 aromatic carbocycles. The van der Waals surface area contributed by atoms with Crippen LogP contribution in [-0.4, -0.2) is 15.8 Å². The SMILES string of the molecule is Cc1ccc([N+](=O)[O-])c(NC(=O)c2ccc(Cl)nc2)c1C. The minimum Gasteiger partial charge on any atom is -0.316 e. The Morgan fingerprint density at radius 1 is 1.29 bits per heavy atom. The lowest BCUT2D eigenvalue weighted by molar-refractivity contribution is -0.384. The summed E-state index contributed by atoms with van der Waals surface area (Å²) in [7, 11) is 0. The Balaban J connectivity index is 2.38. The van der Waals surface area contributed by atoms with Gasteiger partial charge in [-0.1, -0.05) is 17.7 Å². The Hall–Kier alpha value is -2.47. The number of carbonyl (C=O) groups is 1. The van der Waals surface area contributed by atoms with E-state index in [1.807, 2.05) is 6.92 Å². The van der Waals surface area contributed by atoms with Crippen molar-refractivity contribution < 1.29 is 9.72 Å². The van der Waals surface area contributed by atoms with Crippen molar-refractivity contribution >= 4 is 28.9 Å².